The highest BCUT2D eigenvalue weighted by molar-refractivity contribution is 5.83. The molecule has 1 aliphatic carbocycles. The van der Waals surface area contributed by atoms with Gasteiger partial charge in [-0.25, -0.2) is 0 Å². The summed E-state index contributed by atoms with van der Waals surface area (Å²) < 4.78 is 16.1. The predicted molar refractivity (Wildman–Crippen MR) is 93.1 cm³/mol. The molecule has 2 aliphatic rings. The maximum absolute atomic E-state index is 12.4. The van der Waals surface area contributed by atoms with Gasteiger partial charge in [0.05, 0.1) is 7.11 Å². The summed E-state index contributed by atoms with van der Waals surface area (Å²) in [5, 5.41) is 3.05. The first kappa shape index (κ1) is 15.8. The van der Waals surface area contributed by atoms with Gasteiger partial charge in [0.25, 0.3) is 0 Å². The van der Waals surface area contributed by atoms with E-state index in [-0.39, 0.29) is 24.5 Å². The molecule has 5 nitrogen and oxygen atoms in total. The fraction of sp³-hybridized carbons (Fsp3) is 0.350. The van der Waals surface area contributed by atoms with Gasteiger partial charge in [-0.2, -0.15) is 0 Å². The van der Waals surface area contributed by atoms with Crippen LogP contribution in [0.3, 0.4) is 0 Å². The van der Waals surface area contributed by atoms with Crippen molar-refractivity contribution in [3.05, 3.63) is 53.6 Å². The number of ether oxygens (including phenoxy) is 3. The third-order valence-electron chi connectivity index (χ3n) is 4.82. The van der Waals surface area contributed by atoms with E-state index in [1.165, 1.54) is 0 Å². The van der Waals surface area contributed by atoms with Crippen molar-refractivity contribution in [2.75, 3.05) is 20.4 Å². The quantitative estimate of drug-likeness (QED) is 0.879. The molecule has 1 N–H and O–H groups in total. The van der Waals surface area contributed by atoms with Crippen molar-refractivity contribution in [2.45, 2.75) is 18.8 Å². The first-order valence-electron chi connectivity index (χ1n) is 8.55. The number of carbonyl (C=O) groups is 1. The lowest BCUT2D eigenvalue weighted by Crippen LogP contribution is -2.27. The van der Waals surface area contributed by atoms with Gasteiger partial charge in [0.1, 0.15) is 5.75 Å². The standard InChI is InChI=1S/C20H21NO4/c1-23-17-5-3-2-4-14(17)15-11-16(15)20(22)21-9-8-13-6-7-18-19(10-13)25-12-24-18/h2-7,10,15-16H,8-9,11-12H2,1H3,(H,21,22). The predicted octanol–water partition coefficient (Wildman–Crippen LogP) is 2.89. The maximum atomic E-state index is 12.4. The number of hydrogen-bond donors (Lipinski definition) is 1. The van der Waals surface area contributed by atoms with Gasteiger partial charge in [-0.1, -0.05) is 24.3 Å². The highest BCUT2D eigenvalue weighted by Crippen LogP contribution is 2.50. The zero-order valence-corrected chi connectivity index (χ0v) is 14.2. The van der Waals surface area contributed by atoms with Crippen LogP contribution in [0.25, 0.3) is 0 Å². The molecule has 2 aromatic rings. The summed E-state index contributed by atoms with van der Waals surface area (Å²) in [4.78, 5) is 12.4. The minimum atomic E-state index is 0.0491. The summed E-state index contributed by atoms with van der Waals surface area (Å²) in [7, 11) is 1.67. The third-order valence-corrected chi connectivity index (χ3v) is 4.82. The van der Waals surface area contributed by atoms with Crippen molar-refractivity contribution in [1.29, 1.82) is 0 Å². The molecule has 1 fully saturated rings. The number of benzene rings is 2. The SMILES string of the molecule is COc1ccccc1C1CC1C(=O)NCCc1ccc2c(c1)OCO2. The number of methoxy groups -OCH3 is 1. The summed E-state index contributed by atoms with van der Waals surface area (Å²) in [6, 6.07) is 13.8. The van der Waals surface area contributed by atoms with Gasteiger partial charge in [-0.15, -0.1) is 0 Å². The van der Waals surface area contributed by atoms with E-state index in [0.717, 1.165) is 41.2 Å². The Morgan fingerprint density at radius 3 is 2.92 bits per heavy atom. The highest BCUT2D eigenvalue weighted by atomic mass is 16.7. The first-order chi connectivity index (χ1) is 12.3. The second-order valence-corrected chi connectivity index (χ2v) is 6.42. The Balaban J connectivity index is 1.29. The average Bonchev–Trinajstić information content (AvgIpc) is 3.31. The fourth-order valence-corrected chi connectivity index (χ4v) is 3.36. The Hall–Kier alpha value is -2.69. The number of carbonyl (C=O) groups excluding carboxylic acids is 1. The molecule has 2 aromatic carbocycles. The smallest absolute Gasteiger partial charge is 0.231 e. The molecule has 0 aromatic heterocycles. The van der Waals surface area contributed by atoms with Gasteiger partial charge in [0, 0.05) is 12.5 Å². The van der Waals surface area contributed by atoms with Crippen molar-refractivity contribution in [3.63, 3.8) is 0 Å². The van der Waals surface area contributed by atoms with Crippen LogP contribution in [0, 0.1) is 5.92 Å². The van der Waals surface area contributed by atoms with Gasteiger partial charge >= 0.3 is 0 Å². The van der Waals surface area contributed by atoms with Crippen molar-refractivity contribution in [1.82, 2.24) is 5.32 Å². The largest absolute Gasteiger partial charge is 0.496 e. The molecule has 0 radical (unpaired) electrons. The number of hydrogen-bond acceptors (Lipinski definition) is 4. The first-order valence-corrected chi connectivity index (χ1v) is 8.55. The summed E-state index contributed by atoms with van der Waals surface area (Å²) in [5.41, 5.74) is 2.25. The maximum Gasteiger partial charge on any atom is 0.231 e. The second kappa shape index (κ2) is 6.67. The van der Waals surface area contributed by atoms with Crippen LogP contribution >= 0.6 is 0 Å². The molecular formula is C20H21NO4. The van der Waals surface area contributed by atoms with Crippen LogP contribution in [-0.2, 0) is 11.2 Å². The molecule has 4 rings (SSSR count). The molecule has 1 amide bonds. The Labute approximate surface area is 146 Å². The molecule has 25 heavy (non-hydrogen) atoms. The Kier molecular flexibility index (Phi) is 4.22. The van der Waals surface area contributed by atoms with E-state index in [4.69, 9.17) is 14.2 Å². The molecule has 1 heterocycles. The molecule has 0 bridgehead atoms. The fourth-order valence-electron chi connectivity index (χ4n) is 3.36. The molecule has 1 saturated carbocycles. The van der Waals surface area contributed by atoms with E-state index < -0.39 is 0 Å². The summed E-state index contributed by atoms with van der Waals surface area (Å²) in [5.74, 6) is 2.86. The molecule has 2 unspecified atom stereocenters. The van der Waals surface area contributed by atoms with E-state index in [1.54, 1.807) is 7.11 Å². The normalized spacial score (nSPS) is 20.2. The topological polar surface area (TPSA) is 56.8 Å². The van der Waals surface area contributed by atoms with Gasteiger partial charge < -0.3 is 19.5 Å². The molecule has 2 atom stereocenters. The Morgan fingerprint density at radius 1 is 1.20 bits per heavy atom. The van der Waals surface area contributed by atoms with E-state index in [1.807, 2.05) is 42.5 Å². The Bertz CT molecular complexity index is 789. The van der Waals surface area contributed by atoms with Crippen LogP contribution < -0.4 is 19.5 Å². The lowest BCUT2D eigenvalue weighted by atomic mass is 10.1. The zero-order chi connectivity index (χ0) is 17.2. The number of rotatable bonds is 6. The van der Waals surface area contributed by atoms with Crippen LogP contribution in [0.4, 0.5) is 0 Å². The number of fused-ring (bicyclic) bond motifs is 1. The second-order valence-electron chi connectivity index (χ2n) is 6.42. The molecule has 0 spiro atoms. The van der Waals surface area contributed by atoms with Gasteiger partial charge in [-0.3, -0.25) is 4.79 Å². The minimum absolute atomic E-state index is 0.0491. The molecular weight excluding hydrogens is 318 g/mol. The van der Waals surface area contributed by atoms with Crippen LogP contribution in [0.5, 0.6) is 17.2 Å². The zero-order valence-electron chi connectivity index (χ0n) is 14.2. The summed E-state index contributed by atoms with van der Waals surface area (Å²) >= 11 is 0. The molecule has 130 valence electrons. The number of nitrogens with one attached hydrogen (secondary N) is 1. The number of para-hydroxylation sites is 1. The van der Waals surface area contributed by atoms with Crippen molar-refractivity contribution >= 4 is 5.91 Å². The monoisotopic (exact) mass is 339 g/mol. The van der Waals surface area contributed by atoms with Crippen LogP contribution in [0.15, 0.2) is 42.5 Å². The van der Waals surface area contributed by atoms with E-state index >= 15 is 0 Å². The van der Waals surface area contributed by atoms with Crippen LogP contribution in [-0.4, -0.2) is 26.4 Å². The number of amides is 1. The van der Waals surface area contributed by atoms with Crippen molar-refractivity contribution in [3.8, 4) is 17.2 Å². The van der Waals surface area contributed by atoms with E-state index in [0.29, 0.717) is 6.54 Å². The minimum Gasteiger partial charge on any atom is -0.496 e. The third kappa shape index (κ3) is 3.27. The van der Waals surface area contributed by atoms with Crippen molar-refractivity contribution in [2.24, 2.45) is 5.92 Å². The van der Waals surface area contributed by atoms with Crippen molar-refractivity contribution < 1.29 is 19.0 Å². The van der Waals surface area contributed by atoms with E-state index in [9.17, 15) is 4.79 Å². The van der Waals surface area contributed by atoms with Crippen LogP contribution in [0.1, 0.15) is 23.5 Å². The summed E-state index contributed by atoms with van der Waals surface area (Å²) in [6.07, 6.45) is 1.66. The van der Waals surface area contributed by atoms with Gasteiger partial charge in [-0.05, 0) is 48.1 Å². The lowest BCUT2D eigenvalue weighted by Gasteiger charge is -2.08. The molecule has 1 aliphatic heterocycles. The Morgan fingerprint density at radius 2 is 2.04 bits per heavy atom. The lowest BCUT2D eigenvalue weighted by molar-refractivity contribution is -0.122. The van der Waals surface area contributed by atoms with Gasteiger partial charge in [0.2, 0.25) is 12.7 Å². The van der Waals surface area contributed by atoms with E-state index in [2.05, 4.69) is 5.32 Å². The molecule has 5 heteroatoms. The molecule has 0 saturated heterocycles. The van der Waals surface area contributed by atoms with Gasteiger partial charge in [0.15, 0.2) is 11.5 Å². The highest BCUT2D eigenvalue weighted by Gasteiger charge is 2.45. The average molecular weight is 339 g/mol. The summed E-state index contributed by atoms with van der Waals surface area (Å²) in [6.45, 7) is 0.898. The van der Waals surface area contributed by atoms with Crippen LogP contribution in [0.2, 0.25) is 0 Å².